The van der Waals surface area contributed by atoms with Gasteiger partial charge in [0.2, 0.25) is 0 Å². The van der Waals surface area contributed by atoms with Crippen LogP contribution in [0.15, 0.2) is 42.7 Å². The summed E-state index contributed by atoms with van der Waals surface area (Å²) in [5.41, 5.74) is -1.75. The van der Waals surface area contributed by atoms with Crippen LogP contribution >= 0.6 is 0 Å². The molecule has 1 amide bonds. The molecule has 0 N–H and O–H groups in total. The van der Waals surface area contributed by atoms with Gasteiger partial charge in [-0.1, -0.05) is 0 Å². The van der Waals surface area contributed by atoms with Crippen molar-refractivity contribution in [1.82, 2.24) is 9.97 Å². The average Bonchev–Trinajstić information content (AvgIpc) is 2.79. The highest BCUT2D eigenvalue weighted by atomic mass is 32.2. The van der Waals surface area contributed by atoms with E-state index < -0.39 is 57.1 Å². The van der Waals surface area contributed by atoms with E-state index >= 15 is 0 Å². The Bertz CT molecular complexity index is 1410. The first kappa shape index (κ1) is 27.0. The van der Waals surface area contributed by atoms with Gasteiger partial charge in [-0.2, -0.15) is 13.2 Å². The second-order valence-corrected chi connectivity index (χ2v) is 10.1. The van der Waals surface area contributed by atoms with Crippen molar-refractivity contribution in [3.63, 3.8) is 0 Å². The molecule has 0 spiro atoms. The predicted molar refractivity (Wildman–Crippen MR) is 122 cm³/mol. The molecule has 36 heavy (non-hydrogen) atoms. The summed E-state index contributed by atoms with van der Waals surface area (Å²) >= 11 is 0. The molecular formula is C23H20F5N3O4S. The van der Waals surface area contributed by atoms with Gasteiger partial charge in [0.15, 0.2) is 11.6 Å². The van der Waals surface area contributed by atoms with Crippen molar-refractivity contribution in [2.24, 2.45) is 0 Å². The third-order valence-corrected chi connectivity index (χ3v) is 5.97. The normalized spacial score (nSPS) is 11.9. The Morgan fingerprint density at radius 2 is 1.75 bits per heavy atom. The van der Waals surface area contributed by atoms with E-state index in [1.807, 2.05) is 0 Å². The number of ether oxygens (including phenoxy) is 1. The van der Waals surface area contributed by atoms with Gasteiger partial charge in [0.25, 0.3) is 5.91 Å². The lowest BCUT2D eigenvalue weighted by atomic mass is 10.0. The number of aromatic nitrogens is 2. The second kappa shape index (κ2) is 10.2. The molecule has 3 rings (SSSR count). The van der Waals surface area contributed by atoms with Crippen LogP contribution in [0.3, 0.4) is 0 Å². The van der Waals surface area contributed by atoms with Gasteiger partial charge in [-0.3, -0.25) is 9.78 Å². The summed E-state index contributed by atoms with van der Waals surface area (Å²) < 4.78 is 96.8. The molecule has 0 radical (unpaired) electrons. The second-order valence-electron chi connectivity index (χ2n) is 7.83. The molecule has 0 fully saturated rings. The maximum atomic E-state index is 14.1. The van der Waals surface area contributed by atoms with Crippen LogP contribution in [0.2, 0.25) is 0 Å². The number of aryl methyl sites for hydroxylation is 1. The number of rotatable bonds is 7. The van der Waals surface area contributed by atoms with Crippen molar-refractivity contribution in [1.29, 1.82) is 0 Å². The molecule has 2 heterocycles. The largest absolute Gasteiger partial charge is 0.496 e. The van der Waals surface area contributed by atoms with Crippen molar-refractivity contribution < 1.29 is 39.9 Å². The van der Waals surface area contributed by atoms with Crippen molar-refractivity contribution >= 4 is 21.4 Å². The molecule has 0 aliphatic rings. The van der Waals surface area contributed by atoms with Crippen LogP contribution in [0.25, 0.3) is 11.1 Å². The number of hydrogen-bond acceptors (Lipinski definition) is 6. The topological polar surface area (TPSA) is 89.5 Å². The van der Waals surface area contributed by atoms with Crippen molar-refractivity contribution in [2.45, 2.75) is 13.1 Å². The fourth-order valence-electron chi connectivity index (χ4n) is 3.42. The minimum Gasteiger partial charge on any atom is -0.496 e. The van der Waals surface area contributed by atoms with E-state index in [9.17, 15) is 35.2 Å². The smallest absolute Gasteiger partial charge is 0.433 e. The fourth-order valence-corrected chi connectivity index (χ4v) is 3.93. The molecule has 13 heteroatoms. The molecule has 0 aliphatic carbocycles. The van der Waals surface area contributed by atoms with Crippen LogP contribution in [-0.2, 0) is 16.0 Å². The number of amides is 1. The zero-order chi connectivity index (χ0) is 26.8. The summed E-state index contributed by atoms with van der Waals surface area (Å²) in [6, 6.07) is 4.64. The molecule has 3 aromatic rings. The first-order chi connectivity index (χ1) is 16.7. The number of carbonyl (C=O) groups excluding carboxylic acids is 1. The number of benzene rings is 1. The first-order valence-electron chi connectivity index (χ1n) is 10.2. The fraction of sp³-hybridized carbons (Fsp3) is 0.261. The standard InChI is InChI=1S/C23H20F5N3O4S/c1-13-8-14(9-21(30-13)23(26,27)28)22(32)31(6-7-36(3,33)34)19-12-29-5-4-15(19)16-10-17(24)18(25)11-20(16)35-2/h4-5,8-12H,6-7H2,1-3H3. The Morgan fingerprint density at radius 1 is 1.08 bits per heavy atom. The highest BCUT2D eigenvalue weighted by molar-refractivity contribution is 7.90. The summed E-state index contributed by atoms with van der Waals surface area (Å²) in [5.74, 6) is -4.04. The van der Waals surface area contributed by atoms with Gasteiger partial charge in [-0.05, 0) is 31.2 Å². The lowest BCUT2D eigenvalue weighted by Gasteiger charge is -2.26. The number of sulfone groups is 1. The molecule has 7 nitrogen and oxygen atoms in total. The Morgan fingerprint density at radius 3 is 2.36 bits per heavy atom. The van der Waals surface area contributed by atoms with Gasteiger partial charge >= 0.3 is 6.18 Å². The molecule has 0 bridgehead atoms. The van der Waals surface area contributed by atoms with Crippen LogP contribution in [0.4, 0.5) is 27.6 Å². The van der Waals surface area contributed by atoms with Crippen molar-refractivity contribution in [3.05, 3.63) is 71.3 Å². The molecule has 2 aromatic heterocycles. The maximum Gasteiger partial charge on any atom is 0.433 e. The zero-order valence-electron chi connectivity index (χ0n) is 19.2. The number of nitrogens with zero attached hydrogens (tertiary/aromatic N) is 3. The number of alkyl halides is 3. The van der Waals surface area contributed by atoms with Crippen LogP contribution in [0.1, 0.15) is 21.7 Å². The lowest BCUT2D eigenvalue weighted by molar-refractivity contribution is -0.141. The van der Waals surface area contributed by atoms with E-state index in [1.165, 1.54) is 26.3 Å². The SMILES string of the molecule is COc1cc(F)c(F)cc1-c1ccncc1N(CCS(C)(=O)=O)C(=O)c1cc(C)nc(C(F)(F)F)c1. The van der Waals surface area contributed by atoms with Gasteiger partial charge in [0.05, 0.1) is 24.7 Å². The molecule has 192 valence electrons. The van der Waals surface area contributed by atoms with E-state index in [4.69, 9.17) is 4.74 Å². The molecule has 1 aromatic carbocycles. The summed E-state index contributed by atoms with van der Waals surface area (Å²) in [6.07, 6.45) is -1.46. The van der Waals surface area contributed by atoms with Crippen LogP contribution in [-0.4, -0.2) is 50.0 Å². The minimum absolute atomic E-state index is 0.00726. The van der Waals surface area contributed by atoms with Gasteiger partial charge in [0.1, 0.15) is 21.3 Å². The van der Waals surface area contributed by atoms with E-state index in [2.05, 4.69) is 9.97 Å². The first-order valence-corrected chi connectivity index (χ1v) is 12.3. The average molecular weight is 529 g/mol. The van der Waals surface area contributed by atoms with Gasteiger partial charge in [-0.25, -0.2) is 22.2 Å². The van der Waals surface area contributed by atoms with Gasteiger partial charge in [-0.15, -0.1) is 0 Å². The third kappa shape index (κ3) is 6.14. The number of carbonyl (C=O) groups is 1. The quantitative estimate of drug-likeness (QED) is 0.421. The van der Waals surface area contributed by atoms with Crippen LogP contribution < -0.4 is 9.64 Å². The van der Waals surface area contributed by atoms with Gasteiger partial charge in [0, 0.05) is 47.4 Å². The lowest BCUT2D eigenvalue weighted by Crippen LogP contribution is -2.36. The van der Waals surface area contributed by atoms with Gasteiger partial charge < -0.3 is 9.64 Å². The predicted octanol–water partition coefficient (Wildman–Crippen LogP) is 4.45. The number of anilines is 1. The van der Waals surface area contributed by atoms with E-state index in [1.54, 1.807) is 0 Å². The zero-order valence-corrected chi connectivity index (χ0v) is 20.0. The maximum absolute atomic E-state index is 14.1. The number of halogens is 5. The molecule has 0 atom stereocenters. The number of pyridine rings is 2. The minimum atomic E-state index is -4.84. The summed E-state index contributed by atoms with van der Waals surface area (Å²) in [7, 11) is -2.42. The van der Waals surface area contributed by atoms with Crippen molar-refractivity contribution in [3.8, 4) is 16.9 Å². The van der Waals surface area contributed by atoms with E-state index in [-0.39, 0.29) is 28.3 Å². The summed E-state index contributed by atoms with van der Waals surface area (Å²) in [4.78, 5) is 21.8. The summed E-state index contributed by atoms with van der Waals surface area (Å²) in [6.45, 7) is 0.805. The molecule has 0 saturated carbocycles. The highest BCUT2D eigenvalue weighted by Gasteiger charge is 2.34. The van der Waals surface area contributed by atoms with Crippen LogP contribution in [0.5, 0.6) is 5.75 Å². The molecular weight excluding hydrogens is 509 g/mol. The molecule has 0 aliphatic heterocycles. The third-order valence-electron chi connectivity index (χ3n) is 5.05. The Labute approximate surface area is 203 Å². The Kier molecular flexibility index (Phi) is 7.62. The molecule has 0 unspecified atom stereocenters. The van der Waals surface area contributed by atoms with Crippen LogP contribution in [0, 0.1) is 18.6 Å². The Balaban J connectivity index is 2.22. The number of hydrogen-bond donors (Lipinski definition) is 0. The summed E-state index contributed by atoms with van der Waals surface area (Å²) in [5, 5.41) is 0. The Hall–Kier alpha value is -3.61. The monoisotopic (exact) mass is 529 g/mol. The van der Waals surface area contributed by atoms with E-state index in [0.717, 1.165) is 35.6 Å². The number of methoxy groups -OCH3 is 1. The van der Waals surface area contributed by atoms with E-state index in [0.29, 0.717) is 6.07 Å². The highest BCUT2D eigenvalue weighted by Crippen LogP contribution is 2.38. The van der Waals surface area contributed by atoms with Crippen molar-refractivity contribution in [2.75, 3.05) is 30.6 Å². The molecule has 0 saturated heterocycles.